The van der Waals surface area contributed by atoms with Gasteiger partial charge in [-0.1, -0.05) is 23.4 Å². The lowest BCUT2D eigenvalue weighted by Crippen LogP contribution is -2.47. The van der Waals surface area contributed by atoms with Crippen molar-refractivity contribution in [2.24, 2.45) is 0 Å². The number of hydrogen-bond acceptors (Lipinski definition) is 8. The number of nitrogens with one attached hydrogen (secondary N) is 1. The van der Waals surface area contributed by atoms with Gasteiger partial charge >= 0.3 is 11.9 Å². The molecule has 5 rings (SSSR count). The predicted molar refractivity (Wildman–Crippen MR) is 142 cm³/mol. The van der Waals surface area contributed by atoms with Gasteiger partial charge in [-0.05, 0) is 24.3 Å². The number of halogens is 4. The number of carbonyl (C=O) groups excluding carboxylic acids is 1. The van der Waals surface area contributed by atoms with Gasteiger partial charge in [-0.25, -0.2) is 9.78 Å². The summed E-state index contributed by atoms with van der Waals surface area (Å²) in [5, 5.41) is 3.74. The molecule has 1 aliphatic heterocycles. The fourth-order valence-corrected chi connectivity index (χ4v) is 5.79. The number of rotatable bonds is 7. The average Bonchev–Trinajstić information content (AvgIpc) is 3.53. The van der Waals surface area contributed by atoms with Crippen molar-refractivity contribution in [3.8, 4) is 10.6 Å². The van der Waals surface area contributed by atoms with E-state index in [1.54, 1.807) is 30.1 Å². The van der Waals surface area contributed by atoms with Crippen LogP contribution in [0.5, 0.6) is 0 Å². The first kappa shape index (κ1) is 28.1. The second kappa shape index (κ2) is 11.6. The first-order chi connectivity index (χ1) is 19.1. The standard InChI is InChI=1S/C26H25ClF3N5O4S/c1-15(36)35-10-8-34(9-11-35)13-21-22(40-24(31-21)16-2-4-17(5-3-16)26(28,29)30)14-38-18-6-7-19(20(27)12-18)23-32-25(37)39-33-23/h2-7,12,19-20H,8-11,13-14H2,1H3,(H,32,33,37). The van der Waals surface area contributed by atoms with Crippen molar-refractivity contribution >= 4 is 28.8 Å². The van der Waals surface area contributed by atoms with Gasteiger partial charge < -0.3 is 9.64 Å². The van der Waals surface area contributed by atoms with Crippen LogP contribution in [0.2, 0.25) is 0 Å². The summed E-state index contributed by atoms with van der Waals surface area (Å²) in [6.45, 7) is 4.83. The molecule has 2 unspecified atom stereocenters. The maximum absolute atomic E-state index is 13.1. The van der Waals surface area contributed by atoms with Crippen LogP contribution in [0.15, 0.2) is 57.6 Å². The van der Waals surface area contributed by atoms with Gasteiger partial charge in [-0.3, -0.25) is 19.2 Å². The highest BCUT2D eigenvalue weighted by molar-refractivity contribution is 7.15. The number of benzene rings is 1. The van der Waals surface area contributed by atoms with E-state index in [0.717, 1.165) is 22.7 Å². The minimum Gasteiger partial charge on any atom is -0.488 e. The van der Waals surface area contributed by atoms with E-state index in [1.165, 1.54) is 23.5 Å². The number of aromatic nitrogens is 3. The Morgan fingerprint density at radius 1 is 1.23 bits per heavy atom. The zero-order valence-electron chi connectivity index (χ0n) is 21.3. The van der Waals surface area contributed by atoms with E-state index < -0.39 is 22.9 Å². The largest absolute Gasteiger partial charge is 0.488 e. The van der Waals surface area contributed by atoms with Gasteiger partial charge in [0.05, 0.1) is 27.4 Å². The van der Waals surface area contributed by atoms with Crippen LogP contribution in [0.1, 0.15) is 34.8 Å². The fourth-order valence-electron chi connectivity index (χ4n) is 4.47. The molecule has 1 fully saturated rings. The third-order valence-corrected chi connectivity index (χ3v) is 8.22. The molecule has 14 heteroatoms. The molecule has 9 nitrogen and oxygen atoms in total. The Kier molecular flexibility index (Phi) is 8.15. The number of piperazine rings is 1. The summed E-state index contributed by atoms with van der Waals surface area (Å²) < 4.78 is 49.8. The van der Waals surface area contributed by atoms with Crippen molar-refractivity contribution in [1.29, 1.82) is 0 Å². The minimum atomic E-state index is -4.42. The van der Waals surface area contributed by atoms with Gasteiger partial charge in [0.15, 0.2) is 5.82 Å². The number of carbonyl (C=O) groups is 1. The van der Waals surface area contributed by atoms with Gasteiger partial charge in [0, 0.05) is 45.2 Å². The molecule has 0 saturated carbocycles. The van der Waals surface area contributed by atoms with Crippen LogP contribution >= 0.6 is 22.9 Å². The number of amides is 1. The van der Waals surface area contributed by atoms with E-state index in [4.69, 9.17) is 21.3 Å². The first-order valence-corrected chi connectivity index (χ1v) is 13.7. The van der Waals surface area contributed by atoms with Crippen molar-refractivity contribution in [2.75, 3.05) is 26.2 Å². The van der Waals surface area contributed by atoms with Crippen molar-refractivity contribution in [1.82, 2.24) is 24.9 Å². The monoisotopic (exact) mass is 595 g/mol. The molecule has 212 valence electrons. The van der Waals surface area contributed by atoms with Crippen LogP contribution in [0.25, 0.3) is 10.6 Å². The third-order valence-electron chi connectivity index (χ3n) is 6.71. The Bertz CT molecular complexity index is 1470. The molecule has 2 aromatic heterocycles. The van der Waals surface area contributed by atoms with Crippen LogP contribution in [0.3, 0.4) is 0 Å². The zero-order valence-corrected chi connectivity index (χ0v) is 22.9. The molecular weight excluding hydrogens is 571 g/mol. The van der Waals surface area contributed by atoms with E-state index in [-0.39, 0.29) is 18.4 Å². The summed E-state index contributed by atoms with van der Waals surface area (Å²) in [5.74, 6) is -0.183. The molecule has 0 spiro atoms. The number of nitrogens with zero attached hydrogens (tertiary/aromatic N) is 4. The summed E-state index contributed by atoms with van der Waals surface area (Å²) in [6, 6.07) is 4.93. The number of thiazole rings is 1. The molecule has 1 N–H and O–H groups in total. The molecule has 0 radical (unpaired) electrons. The Morgan fingerprint density at radius 2 is 1.95 bits per heavy atom. The normalized spacial score (nSPS) is 20.0. The SMILES string of the molecule is CC(=O)N1CCN(Cc2nc(-c3ccc(C(F)(F)F)cc3)sc2COC2=CC(Cl)C(c3noc(=O)[nH]3)C=C2)CC1. The van der Waals surface area contributed by atoms with Crippen LogP contribution in [0.4, 0.5) is 13.2 Å². The Hall–Kier alpha value is -3.42. The second-order valence-electron chi connectivity index (χ2n) is 9.41. The van der Waals surface area contributed by atoms with Crippen molar-refractivity contribution in [3.63, 3.8) is 0 Å². The molecule has 1 aliphatic carbocycles. The molecule has 3 aromatic rings. The summed E-state index contributed by atoms with van der Waals surface area (Å²) in [4.78, 5) is 35.1. The predicted octanol–water partition coefficient (Wildman–Crippen LogP) is 4.53. The van der Waals surface area contributed by atoms with Gasteiger partial charge in [-0.2, -0.15) is 13.2 Å². The summed E-state index contributed by atoms with van der Waals surface area (Å²) >= 11 is 7.84. The Morgan fingerprint density at radius 3 is 2.55 bits per heavy atom. The topological polar surface area (TPSA) is 105 Å². The molecule has 2 atom stereocenters. The summed E-state index contributed by atoms with van der Waals surface area (Å²) in [7, 11) is 0. The van der Waals surface area contributed by atoms with Gasteiger partial charge in [0.25, 0.3) is 0 Å². The number of alkyl halides is 4. The van der Waals surface area contributed by atoms with Crippen LogP contribution < -0.4 is 5.76 Å². The lowest BCUT2D eigenvalue weighted by Gasteiger charge is -2.33. The van der Waals surface area contributed by atoms with Crippen molar-refractivity contribution in [3.05, 3.63) is 80.8 Å². The van der Waals surface area contributed by atoms with E-state index in [0.29, 0.717) is 54.9 Å². The van der Waals surface area contributed by atoms with Gasteiger partial charge in [-0.15, -0.1) is 22.9 Å². The lowest BCUT2D eigenvalue weighted by molar-refractivity contribution is -0.137. The maximum atomic E-state index is 13.1. The smallest absolute Gasteiger partial charge is 0.438 e. The zero-order chi connectivity index (χ0) is 28.4. The molecule has 2 aliphatic rings. The van der Waals surface area contributed by atoms with Gasteiger partial charge in [0.2, 0.25) is 5.91 Å². The number of hydrogen-bond donors (Lipinski definition) is 1. The molecule has 1 aromatic carbocycles. The number of allylic oxidation sites excluding steroid dienone is 3. The van der Waals surface area contributed by atoms with Crippen LogP contribution in [-0.4, -0.2) is 62.4 Å². The van der Waals surface area contributed by atoms with Gasteiger partial charge in [0.1, 0.15) is 17.4 Å². The van der Waals surface area contributed by atoms with E-state index in [2.05, 4.69) is 19.6 Å². The second-order valence-corrected chi connectivity index (χ2v) is 11.0. The van der Waals surface area contributed by atoms with Crippen molar-refractivity contribution < 1.29 is 27.2 Å². The highest BCUT2D eigenvalue weighted by Gasteiger charge is 2.30. The fraction of sp³-hybridized carbons (Fsp3) is 0.385. The molecule has 1 saturated heterocycles. The minimum absolute atomic E-state index is 0.0375. The molecule has 40 heavy (non-hydrogen) atoms. The highest BCUT2D eigenvalue weighted by Crippen LogP contribution is 2.35. The van der Waals surface area contributed by atoms with E-state index >= 15 is 0 Å². The molecule has 0 bridgehead atoms. The van der Waals surface area contributed by atoms with Crippen LogP contribution in [-0.2, 0) is 28.9 Å². The summed E-state index contributed by atoms with van der Waals surface area (Å²) in [5.41, 5.74) is 0.616. The third kappa shape index (κ3) is 6.48. The highest BCUT2D eigenvalue weighted by atomic mass is 35.5. The lowest BCUT2D eigenvalue weighted by atomic mass is 9.99. The first-order valence-electron chi connectivity index (χ1n) is 12.4. The molecular formula is C26H25ClF3N5O4S. The van der Waals surface area contributed by atoms with Crippen molar-refractivity contribution in [2.45, 2.75) is 37.5 Å². The average molecular weight is 596 g/mol. The molecule has 3 heterocycles. The van der Waals surface area contributed by atoms with E-state index in [1.807, 2.05) is 0 Å². The number of H-pyrrole nitrogens is 1. The molecule has 1 amide bonds. The maximum Gasteiger partial charge on any atom is 0.438 e. The number of aromatic amines is 1. The quantitative estimate of drug-likeness (QED) is 0.400. The van der Waals surface area contributed by atoms with E-state index in [9.17, 15) is 22.8 Å². The Balaban J connectivity index is 1.33. The Labute approximate surface area is 235 Å². The number of ether oxygens (including phenoxy) is 1. The van der Waals surface area contributed by atoms with Crippen LogP contribution in [0, 0.1) is 0 Å². The summed E-state index contributed by atoms with van der Waals surface area (Å²) in [6.07, 6.45) is 0.778.